The molecule has 0 fully saturated rings. The maximum Gasteiger partial charge on any atom is 0.174 e. The normalized spacial score (nSPS) is 10.6. The van der Waals surface area contributed by atoms with E-state index < -0.39 is 0 Å². The monoisotopic (exact) mass is 320 g/mol. The van der Waals surface area contributed by atoms with Crippen molar-refractivity contribution in [3.63, 3.8) is 0 Å². The van der Waals surface area contributed by atoms with E-state index in [1.165, 1.54) is 0 Å². The Morgan fingerprint density at radius 3 is 2.83 bits per heavy atom. The van der Waals surface area contributed by atoms with Crippen LogP contribution in [0.25, 0.3) is 0 Å². The summed E-state index contributed by atoms with van der Waals surface area (Å²) in [7, 11) is 0. The number of aryl methyl sites for hydroxylation is 1. The fraction of sp³-hybridized carbons (Fsp3) is 0.273. The predicted octanol–water partition coefficient (Wildman–Crippen LogP) is 4.32. The van der Waals surface area contributed by atoms with Gasteiger partial charge in [0.05, 0.1) is 11.6 Å². The molecule has 0 unspecified atom stereocenters. The van der Waals surface area contributed by atoms with Crippen LogP contribution in [-0.2, 0) is 0 Å². The summed E-state index contributed by atoms with van der Waals surface area (Å²) in [5.41, 5.74) is 0. The molecule has 0 radical (unpaired) electrons. The number of rotatable bonds is 5. The number of benzene rings is 1. The second kappa shape index (κ2) is 6.61. The molecule has 0 bridgehead atoms. The quantitative estimate of drug-likeness (QED) is 0.607. The SMILES string of the molecule is Cc1nnc(SCCOc2ccc(Cl)cc2Cl)s1. The van der Waals surface area contributed by atoms with Gasteiger partial charge in [-0.2, -0.15) is 0 Å². The Morgan fingerprint density at radius 1 is 1.33 bits per heavy atom. The molecule has 0 saturated carbocycles. The highest BCUT2D eigenvalue weighted by Gasteiger charge is 2.04. The molecule has 0 N–H and O–H groups in total. The zero-order valence-corrected chi connectivity index (χ0v) is 12.7. The summed E-state index contributed by atoms with van der Waals surface area (Å²) in [6, 6.07) is 5.19. The number of hydrogen-bond acceptors (Lipinski definition) is 5. The number of ether oxygens (including phenoxy) is 1. The molecule has 0 amide bonds. The summed E-state index contributed by atoms with van der Waals surface area (Å²) in [5, 5.41) is 10.1. The van der Waals surface area contributed by atoms with Gasteiger partial charge in [-0.1, -0.05) is 46.3 Å². The van der Waals surface area contributed by atoms with Gasteiger partial charge in [-0.15, -0.1) is 10.2 Å². The molecule has 0 aliphatic heterocycles. The first kappa shape index (κ1) is 13.9. The standard InChI is InChI=1S/C11H10Cl2N2OS2/c1-7-14-15-11(18-7)17-5-4-16-10-3-2-8(12)6-9(10)13/h2-3,6H,4-5H2,1H3. The van der Waals surface area contributed by atoms with Crippen molar-refractivity contribution in [1.82, 2.24) is 10.2 Å². The summed E-state index contributed by atoms with van der Waals surface area (Å²) < 4.78 is 6.52. The highest BCUT2D eigenvalue weighted by molar-refractivity contribution is 8.01. The fourth-order valence-electron chi connectivity index (χ4n) is 1.21. The minimum Gasteiger partial charge on any atom is -0.491 e. The average molecular weight is 321 g/mol. The topological polar surface area (TPSA) is 35.0 Å². The van der Waals surface area contributed by atoms with Gasteiger partial charge in [0, 0.05) is 10.8 Å². The van der Waals surface area contributed by atoms with Crippen molar-refractivity contribution in [2.75, 3.05) is 12.4 Å². The second-order valence-electron chi connectivity index (χ2n) is 3.36. The number of thioether (sulfide) groups is 1. The lowest BCUT2D eigenvalue weighted by Gasteiger charge is -2.07. The van der Waals surface area contributed by atoms with Gasteiger partial charge in [0.15, 0.2) is 4.34 Å². The largest absolute Gasteiger partial charge is 0.491 e. The van der Waals surface area contributed by atoms with Gasteiger partial charge in [0.1, 0.15) is 10.8 Å². The van der Waals surface area contributed by atoms with Gasteiger partial charge in [0.25, 0.3) is 0 Å². The van der Waals surface area contributed by atoms with E-state index in [2.05, 4.69) is 10.2 Å². The number of nitrogens with zero attached hydrogens (tertiary/aromatic N) is 2. The lowest BCUT2D eigenvalue weighted by molar-refractivity contribution is 0.344. The fourth-order valence-corrected chi connectivity index (χ4v) is 3.38. The molecule has 1 heterocycles. The molecule has 0 atom stereocenters. The molecule has 0 saturated heterocycles. The third-order valence-corrected chi connectivity index (χ3v) is 4.43. The molecule has 0 aliphatic carbocycles. The third kappa shape index (κ3) is 4.02. The average Bonchev–Trinajstić information content (AvgIpc) is 2.73. The van der Waals surface area contributed by atoms with Crippen molar-refractivity contribution in [3.8, 4) is 5.75 Å². The molecule has 96 valence electrons. The van der Waals surface area contributed by atoms with E-state index in [9.17, 15) is 0 Å². The zero-order valence-electron chi connectivity index (χ0n) is 9.52. The zero-order chi connectivity index (χ0) is 13.0. The maximum atomic E-state index is 5.99. The van der Waals surface area contributed by atoms with Crippen LogP contribution in [0.5, 0.6) is 5.75 Å². The van der Waals surface area contributed by atoms with E-state index in [0.29, 0.717) is 22.4 Å². The highest BCUT2D eigenvalue weighted by atomic mass is 35.5. The van der Waals surface area contributed by atoms with Crippen LogP contribution < -0.4 is 4.74 Å². The number of halogens is 2. The summed E-state index contributed by atoms with van der Waals surface area (Å²) in [4.78, 5) is 0. The van der Waals surface area contributed by atoms with Crippen molar-refractivity contribution in [3.05, 3.63) is 33.3 Å². The van der Waals surface area contributed by atoms with E-state index in [1.807, 2.05) is 6.92 Å². The van der Waals surface area contributed by atoms with Crippen molar-refractivity contribution in [2.45, 2.75) is 11.3 Å². The first-order chi connectivity index (χ1) is 8.65. The van der Waals surface area contributed by atoms with Crippen LogP contribution >= 0.6 is 46.3 Å². The Kier molecular flexibility index (Phi) is 5.12. The van der Waals surface area contributed by atoms with E-state index in [1.54, 1.807) is 41.3 Å². The molecule has 1 aromatic heterocycles. The van der Waals surface area contributed by atoms with E-state index in [4.69, 9.17) is 27.9 Å². The maximum absolute atomic E-state index is 5.99. The summed E-state index contributed by atoms with van der Waals surface area (Å²) in [6.07, 6.45) is 0. The lowest BCUT2D eigenvalue weighted by Crippen LogP contribution is -2.00. The molecule has 2 rings (SSSR count). The molecule has 0 spiro atoms. The van der Waals surface area contributed by atoms with Crippen LogP contribution in [0.15, 0.2) is 22.5 Å². The van der Waals surface area contributed by atoms with Crippen LogP contribution in [-0.4, -0.2) is 22.6 Å². The van der Waals surface area contributed by atoms with Crippen molar-refractivity contribution in [2.24, 2.45) is 0 Å². The first-order valence-corrected chi connectivity index (χ1v) is 7.72. The summed E-state index contributed by atoms with van der Waals surface area (Å²) in [5.74, 6) is 1.45. The van der Waals surface area contributed by atoms with E-state index in [-0.39, 0.29) is 0 Å². The van der Waals surface area contributed by atoms with E-state index in [0.717, 1.165) is 15.1 Å². The van der Waals surface area contributed by atoms with Crippen LogP contribution in [0.4, 0.5) is 0 Å². The Balaban J connectivity index is 1.78. The van der Waals surface area contributed by atoms with Crippen LogP contribution in [0, 0.1) is 6.92 Å². The van der Waals surface area contributed by atoms with Gasteiger partial charge in [-0.05, 0) is 25.1 Å². The van der Waals surface area contributed by atoms with E-state index >= 15 is 0 Å². The van der Waals surface area contributed by atoms with Gasteiger partial charge in [-0.3, -0.25) is 0 Å². The van der Waals surface area contributed by atoms with Crippen molar-refractivity contribution >= 4 is 46.3 Å². The van der Waals surface area contributed by atoms with Crippen molar-refractivity contribution in [1.29, 1.82) is 0 Å². The van der Waals surface area contributed by atoms with Crippen LogP contribution in [0.3, 0.4) is 0 Å². The second-order valence-corrected chi connectivity index (χ2v) is 6.73. The minimum absolute atomic E-state index is 0.527. The van der Waals surface area contributed by atoms with Gasteiger partial charge in [0.2, 0.25) is 0 Å². The summed E-state index contributed by atoms with van der Waals surface area (Å²) >= 11 is 15.0. The molecule has 18 heavy (non-hydrogen) atoms. The molecular formula is C11H10Cl2N2OS2. The number of hydrogen-bond donors (Lipinski definition) is 0. The van der Waals surface area contributed by atoms with Gasteiger partial charge >= 0.3 is 0 Å². The molecule has 7 heteroatoms. The van der Waals surface area contributed by atoms with Gasteiger partial charge in [-0.25, -0.2) is 0 Å². The highest BCUT2D eigenvalue weighted by Crippen LogP contribution is 2.28. The lowest BCUT2D eigenvalue weighted by atomic mass is 10.3. The van der Waals surface area contributed by atoms with Crippen LogP contribution in [0.2, 0.25) is 10.0 Å². The predicted molar refractivity (Wildman–Crippen MR) is 77.3 cm³/mol. The Hall–Kier alpha value is -0.490. The van der Waals surface area contributed by atoms with Crippen LogP contribution in [0.1, 0.15) is 5.01 Å². The minimum atomic E-state index is 0.527. The molecule has 0 aliphatic rings. The summed E-state index contributed by atoms with van der Waals surface area (Å²) in [6.45, 7) is 2.50. The van der Waals surface area contributed by atoms with Crippen molar-refractivity contribution < 1.29 is 4.74 Å². The first-order valence-electron chi connectivity index (χ1n) is 5.16. The molecular weight excluding hydrogens is 311 g/mol. The molecule has 2 aromatic rings. The smallest absolute Gasteiger partial charge is 0.174 e. The Morgan fingerprint density at radius 2 is 2.17 bits per heavy atom. The van der Waals surface area contributed by atoms with Gasteiger partial charge < -0.3 is 4.74 Å². The Bertz CT molecular complexity index is 534. The Labute approximate surface area is 123 Å². The molecule has 1 aromatic carbocycles. The molecule has 3 nitrogen and oxygen atoms in total. The third-order valence-electron chi connectivity index (χ3n) is 1.97. The number of aromatic nitrogens is 2.